The first-order chi connectivity index (χ1) is 7.58. The molecule has 0 radical (unpaired) electrons. The Balaban J connectivity index is 2.40. The van der Waals surface area contributed by atoms with Crippen LogP contribution in [0.4, 0.5) is 4.39 Å². The third-order valence-corrected chi connectivity index (χ3v) is 4.00. The van der Waals surface area contributed by atoms with Gasteiger partial charge in [0.2, 0.25) is 0 Å². The largest absolute Gasteiger partial charge is 0.320 e. The topological polar surface area (TPSA) is 26.0 Å². The van der Waals surface area contributed by atoms with Gasteiger partial charge in [-0.25, -0.2) is 4.39 Å². The normalized spacial score (nSPS) is 12.8. The van der Waals surface area contributed by atoms with Crippen molar-refractivity contribution < 1.29 is 4.39 Å². The number of thiophene rings is 1. The smallest absolute Gasteiger partial charge is 0.128 e. The van der Waals surface area contributed by atoms with Gasteiger partial charge in [0.05, 0.1) is 10.4 Å². The zero-order valence-corrected chi connectivity index (χ0v) is 11.2. The SMILES string of the molecule is NC(c1ccc(Cl)s1)c1cc(Br)ccc1F. The fourth-order valence-corrected chi connectivity index (χ4v) is 2.86. The van der Waals surface area contributed by atoms with Gasteiger partial charge in [0.25, 0.3) is 0 Å². The monoisotopic (exact) mass is 319 g/mol. The predicted molar refractivity (Wildman–Crippen MR) is 69.5 cm³/mol. The number of nitrogens with two attached hydrogens (primary N) is 1. The maximum Gasteiger partial charge on any atom is 0.128 e. The Labute approximate surface area is 110 Å². The summed E-state index contributed by atoms with van der Waals surface area (Å²) in [6.45, 7) is 0. The van der Waals surface area contributed by atoms with Crippen LogP contribution in [0.15, 0.2) is 34.8 Å². The molecule has 1 unspecified atom stereocenters. The van der Waals surface area contributed by atoms with Crippen molar-refractivity contribution in [2.24, 2.45) is 5.73 Å². The Kier molecular flexibility index (Phi) is 3.64. The van der Waals surface area contributed by atoms with E-state index in [0.717, 1.165) is 9.35 Å². The Morgan fingerprint density at radius 1 is 1.31 bits per heavy atom. The number of hydrogen-bond acceptors (Lipinski definition) is 2. The molecule has 0 amide bonds. The Morgan fingerprint density at radius 3 is 2.69 bits per heavy atom. The van der Waals surface area contributed by atoms with Crippen LogP contribution in [0.1, 0.15) is 16.5 Å². The minimum atomic E-state index is -0.477. The van der Waals surface area contributed by atoms with Crippen LogP contribution in [0, 0.1) is 5.82 Å². The molecule has 1 atom stereocenters. The van der Waals surface area contributed by atoms with E-state index < -0.39 is 6.04 Å². The molecular formula is C11H8BrClFNS. The lowest BCUT2D eigenvalue weighted by atomic mass is 10.1. The van der Waals surface area contributed by atoms with Gasteiger partial charge < -0.3 is 5.73 Å². The van der Waals surface area contributed by atoms with E-state index in [1.807, 2.05) is 6.07 Å². The molecule has 2 aromatic rings. The van der Waals surface area contributed by atoms with Gasteiger partial charge in [0.1, 0.15) is 5.82 Å². The highest BCUT2D eigenvalue weighted by Gasteiger charge is 2.15. The second-order valence-electron chi connectivity index (χ2n) is 3.29. The third kappa shape index (κ3) is 2.46. The molecule has 1 aromatic carbocycles. The number of benzene rings is 1. The molecule has 0 spiro atoms. The van der Waals surface area contributed by atoms with Crippen LogP contribution in [-0.2, 0) is 0 Å². The zero-order valence-electron chi connectivity index (χ0n) is 8.08. The van der Waals surface area contributed by atoms with Crippen molar-refractivity contribution in [3.8, 4) is 0 Å². The van der Waals surface area contributed by atoms with Gasteiger partial charge in [-0.1, -0.05) is 27.5 Å². The quantitative estimate of drug-likeness (QED) is 0.874. The van der Waals surface area contributed by atoms with E-state index in [1.54, 1.807) is 18.2 Å². The first-order valence-corrected chi connectivity index (χ1v) is 6.52. The summed E-state index contributed by atoms with van der Waals surface area (Å²) in [7, 11) is 0. The Hall–Kier alpha value is -0.420. The number of hydrogen-bond donors (Lipinski definition) is 1. The lowest BCUT2D eigenvalue weighted by Crippen LogP contribution is -2.12. The van der Waals surface area contributed by atoms with Crippen molar-refractivity contribution in [3.63, 3.8) is 0 Å². The average Bonchev–Trinajstić information content (AvgIpc) is 2.67. The highest BCUT2D eigenvalue weighted by molar-refractivity contribution is 9.10. The first kappa shape index (κ1) is 12.0. The summed E-state index contributed by atoms with van der Waals surface area (Å²) in [5.74, 6) is -0.305. The standard InChI is InChI=1S/C11H8BrClFNS/c12-6-1-2-8(14)7(5-6)11(15)9-3-4-10(13)16-9/h1-5,11H,15H2. The molecule has 0 saturated heterocycles. The van der Waals surface area contributed by atoms with Crippen LogP contribution in [0.5, 0.6) is 0 Å². The fraction of sp³-hybridized carbons (Fsp3) is 0.0909. The first-order valence-electron chi connectivity index (χ1n) is 4.53. The summed E-state index contributed by atoms with van der Waals surface area (Å²) >= 11 is 10.5. The highest BCUT2D eigenvalue weighted by atomic mass is 79.9. The van der Waals surface area contributed by atoms with Crippen LogP contribution in [-0.4, -0.2) is 0 Å². The molecule has 16 heavy (non-hydrogen) atoms. The van der Waals surface area contributed by atoms with E-state index in [0.29, 0.717) is 9.90 Å². The van der Waals surface area contributed by atoms with E-state index in [2.05, 4.69) is 15.9 Å². The van der Waals surface area contributed by atoms with E-state index >= 15 is 0 Å². The maximum atomic E-state index is 13.6. The molecule has 0 bridgehead atoms. The van der Waals surface area contributed by atoms with Gasteiger partial charge in [-0.05, 0) is 30.3 Å². The minimum absolute atomic E-state index is 0.305. The molecule has 1 nitrogen and oxygen atoms in total. The van der Waals surface area contributed by atoms with Crippen LogP contribution < -0.4 is 5.73 Å². The number of halogens is 3. The lowest BCUT2D eigenvalue weighted by Gasteiger charge is -2.11. The molecule has 0 aliphatic carbocycles. The highest BCUT2D eigenvalue weighted by Crippen LogP contribution is 2.31. The van der Waals surface area contributed by atoms with Crippen molar-refractivity contribution in [2.75, 3.05) is 0 Å². The van der Waals surface area contributed by atoms with Crippen molar-refractivity contribution in [2.45, 2.75) is 6.04 Å². The molecular weight excluding hydrogens is 313 g/mol. The number of rotatable bonds is 2. The van der Waals surface area contributed by atoms with Gasteiger partial charge in [-0.2, -0.15) is 0 Å². The molecule has 0 aliphatic heterocycles. The molecule has 1 aromatic heterocycles. The van der Waals surface area contributed by atoms with Crippen molar-refractivity contribution in [1.82, 2.24) is 0 Å². The fourth-order valence-electron chi connectivity index (χ4n) is 1.40. The molecule has 0 fully saturated rings. The summed E-state index contributed by atoms with van der Waals surface area (Å²) in [6.07, 6.45) is 0. The van der Waals surface area contributed by atoms with Crippen molar-refractivity contribution >= 4 is 38.9 Å². The lowest BCUT2D eigenvalue weighted by molar-refractivity contribution is 0.600. The summed E-state index contributed by atoms with van der Waals surface area (Å²) < 4.78 is 15.0. The molecule has 84 valence electrons. The van der Waals surface area contributed by atoms with Crippen LogP contribution in [0.3, 0.4) is 0 Å². The Bertz CT molecular complexity index is 514. The van der Waals surface area contributed by atoms with Crippen LogP contribution >= 0.6 is 38.9 Å². The average molecular weight is 321 g/mol. The van der Waals surface area contributed by atoms with E-state index in [-0.39, 0.29) is 5.82 Å². The molecule has 0 saturated carbocycles. The summed E-state index contributed by atoms with van der Waals surface area (Å²) in [5.41, 5.74) is 6.46. The van der Waals surface area contributed by atoms with Gasteiger partial charge in [0.15, 0.2) is 0 Å². The maximum absolute atomic E-state index is 13.6. The summed E-state index contributed by atoms with van der Waals surface area (Å²) in [6, 6.07) is 7.83. The predicted octanol–water partition coefficient (Wildman–Crippen LogP) is 4.35. The second-order valence-corrected chi connectivity index (χ2v) is 5.95. The second kappa shape index (κ2) is 4.84. The molecule has 2 rings (SSSR count). The third-order valence-electron chi connectivity index (χ3n) is 2.19. The van der Waals surface area contributed by atoms with Crippen molar-refractivity contribution in [1.29, 1.82) is 0 Å². The molecule has 2 N–H and O–H groups in total. The molecule has 0 aliphatic rings. The summed E-state index contributed by atoms with van der Waals surface area (Å²) in [4.78, 5) is 0.849. The summed E-state index contributed by atoms with van der Waals surface area (Å²) in [5, 5.41) is 0. The van der Waals surface area contributed by atoms with Crippen LogP contribution in [0.25, 0.3) is 0 Å². The van der Waals surface area contributed by atoms with E-state index in [9.17, 15) is 4.39 Å². The van der Waals surface area contributed by atoms with Gasteiger partial charge >= 0.3 is 0 Å². The van der Waals surface area contributed by atoms with E-state index in [1.165, 1.54) is 17.4 Å². The molecule has 5 heteroatoms. The van der Waals surface area contributed by atoms with Crippen LogP contribution in [0.2, 0.25) is 4.34 Å². The van der Waals surface area contributed by atoms with Crippen molar-refractivity contribution in [3.05, 3.63) is 55.4 Å². The van der Waals surface area contributed by atoms with Gasteiger partial charge in [0, 0.05) is 14.9 Å². The van der Waals surface area contributed by atoms with Gasteiger partial charge in [-0.15, -0.1) is 11.3 Å². The van der Waals surface area contributed by atoms with Gasteiger partial charge in [-0.3, -0.25) is 0 Å². The minimum Gasteiger partial charge on any atom is -0.320 e. The Morgan fingerprint density at radius 2 is 2.06 bits per heavy atom. The van der Waals surface area contributed by atoms with E-state index in [4.69, 9.17) is 17.3 Å². The zero-order chi connectivity index (χ0) is 11.7. The molecule has 1 heterocycles.